The average molecular weight is 281 g/mol. The van der Waals surface area contributed by atoms with Gasteiger partial charge in [-0.05, 0) is 18.8 Å². The minimum absolute atomic E-state index is 0.187. The second kappa shape index (κ2) is 6.49. The second-order valence-electron chi connectivity index (χ2n) is 5.17. The molecule has 2 rings (SSSR count). The Kier molecular flexibility index (Phi) is 4.70. The van der Waals surface area contributed by atoms with Crippen LogP contribution in [0.3, 0.4) is 0 Å². The van der Waals surface area contributed by atoms with Crippen LogP contribution in [0.15, 0.2) is 10.9 Å². The maximum atomic E-state index is 12.1. The van der Waals surface area contributed by atoms with Crippen LogP contribution < -0.4 is 5.32 Å². The third kappa shape index (κ3) is 3.34. The van der Waals surface area contributed by atoms with Gasteiger partial charge < -0.3 is 14.9 Å². The molecule has 1 unspecified atom stereocenters. The summed E-state index contributed by atoms with van der Waals surface area (Å²) in [6.45, 7) is 2.40. The van der Waals surface area contributed by atoms with Crippen LogP contribution in [0, 0.1) is 17.8 Å². The van der Waals surface area contributed by atoms with E-state index in [4.69, 9.17) is 4.52 Å². The van der Waals surface area contributed by atoms with E-state index in [2.05, 4.69) is 15.5 Å². The van der Waals surface area contributed by atoms with Gasteiger partial charge in [0.25, 0.3) is 0 Å². The molecule has 1 fully saturated rings. The summed E-state index contributed by atoms with van der Waals surface area (Å²) in [5.41, 5.74) is 0. The van der Waals surface area contributed by atoms with Gasteiger partial charge in [0, 0.05) is 13.0 Å². The lowest BCUT2D eigenvalue weighted by Crippen LogP contribution is -2.36. The molecule has 0 saturated heterocycles. The first-order chi connectivity index (χ1) is 9.61. The zero-order chi connectivity index (χ0) is 14.5. The Hall–Kier alpha value is -1.92. The zero-order valence-electron chi connectivity index (χ0n) is 11.4. The summed E-state index contributed by atoms with van der Waals surface area (Å²) < 4.78 is 4.83. The van der Waals surface area contributed by atoms with Gasteiger partial charge >= 0.3 is 5.97 Å². The number of amides is 1. The van der Waals surface area contributed by atoms with Crippen LogP contribution in [0.2, 0.25) is 0 Å². The first-order valence-electron chi connectivity index (χ1n) is 6.87. The number of carboxylic acids is 1. The van der Waals surface area contributed by atoms with E-state index in [-0.39, 0.29) is 5.91 Å². The average Bonchev–Trinajstić information content (AvgIpc) is 3.07. The highest BCUT2D eigenvalue weighted by molar-refractivity contribution is 5.85. The van der Waals surface area contributed by atoms with Crippen LogP contribution in [-0.2, 0) is 16.0 Å². The van der Waals surface area contributed by atoms with E-state index in [1.165, 1.54) is 6.33 Å². The van der Waals surface area contributed by atoms with Crippen molar-refractivity contribution in [2.75, 3.05) is 6.54 Å². The van der Waals surface area contributed by atoms with E-state index in [0.717, 1.165) is 6.42 Å². The molecular weight excluding hydrogens is 262 g/mol. The second-order valence-corrected chi connectivity index (χ2v) is 5.17. The molecule has 2 N–H and O–H groups in total. The lowest BCUT2D eigenvalue weighted by Gasteiger charge is -2.15. The fourth-order valence-corrected chi connectivity index (χ4v) is 2.77. The van der Waals surface area contributed by atoms with Crippen molar-refractivity contribution in [3.05, 3.63) is 12.2 Å². The van der Waals surface area contributed by atoms with Crippen molar-refractivity contribution < 1.29 is 19.2 Å². The molecule has 110 valence electrons. The Morgan fingerprint density at radius 2 is 2.20 bits per heavy atom. The molecule has 1 aliphatic carbocycles. The Morgan fingerprint density at radius 1 is 1.45 bits per heavy atom. The third-order valence-electron chi connectivity index (χ3n) is 3.94. The van der Waals surface area contributed by atoms with Crippen molar-refractivity contribution in [1.29, 1.82) is 0 Å². The molecule has 7 nitrogen and oxygen atoms in total. The lowest BCUT2D eigenvalue weighted by molar-refractivity contribution is -0.146. The van der Waals surface area contributed by atoms with Gasteiger partial charge in [-0.25, -0.2) is 0 Å². The van der Waals surface area contributed by atoms with Crippen LogP contribution in [0.1, 0.15) is 32.1 Å². The van der Waals surface area contributed by atoms with E-state index >= 15 is 0 Å². The zero-order valence-corrected chi connectivity index (χ0v) is 11.4. The van der Waals surface area contributed by atoms with Gasteiger partial charge in [-0.2, -0.15) is 4.98 Å². The fraction of sp³-hybridized carbons (Fsp3) is 0.692. The topological polar surface area (TPSA) is 105 Å². The van der Waals surface area contributed by atoms with Crippen molar-refractivity contribution >= 4 is 11.9 Å². The van der Waals surface area contributed by atoms with Crippen molar-refractivity contribution in [3.63, 3.8) is 0 Å². The van der Waals surface area contributed by atoms with Gasteiger partial charge in [0.15, 0.2) is 6.33 Å². The maximum Gasteiger partial charge on any atom is 0.307 e. The Morgan fingerprint density at radius 3 is 2.80 bits per heavy atom. The molecular formula is C13H19N3O4. The van der Waals surface area contributed by atoms with Crippen molar-refractivity contribution in [1.82, 2.24) is 15.5 Å². The standard InChI is InChI=1S/C13H19N3O4/c1-2-8-5-9(10(6-8)13(18)19)12(17)14-4-3-11-15-7-16-20-11/h7-10H,2-6H2,1H3,(H,14,17)(H,18,19)/t8?,9-,10+/m0/s1. The van der Waals surface area contributed by atoms with Crippen LogP contribution in [0.4, 0.5) is 0 Å². The summed E-state index contributed by atoms with van der Waals surface area (Å²) in [6.07, 6.45) is 3.91. The molecule has 0 radical (unpaired) electrons. The molecule has 0 spiro atoms. The number of nitrogens with one attached hydrogen (secondary N) is 1. The first-order valence-corrected chi connectivity index (χ1v) is 6.87. The third-order valence-corrected chi connectivity index (χ3v) is 3.94. The Labute approximate surface area is 116 Å². The quantitative estimate of drug-likeness (QED) is 0.801. The van der Waals surface area contributed by atoms with Gasteiger partial charge in [-0.3, -0.25) is 9.59 Å². The fourth-order valence-electron chi connectivity index (χ4n) is 2.77. The highest BCUT2D eigenvalue weighted by Crippen LogP contribution is 2.38. The molecule has 3 atom stereocenters. The predicted molar refractivity (Wildman–Crippen MR) is 68.6 cm³/mol. The van der Waals surface area contributed by atoms with Gasteiger partial charge in [-0.15, -0.1) is 0 Å². The number of carbonyl (C=O) groups is 2. The van der Waals surface area contributed by atoms with Gasteiger partial charge in [0.05, 0.1) is 11.8 Å². The molecule has 0 aromatic carbocycles. The van der Waals surface area contributed by atoms with E-state index in [9.17, 15) is 14.7 Å². The molecule has 1 heterocycles. The smallest absolute Gasteiger partial charge is 0.307 e. The summed E-state index contributed by atoms with van der Waals surface area (Å²) in [5, 5.41) is 15.4. The highest BCUT2D eigenvalue weighted by atomic mass is 16.5. The van der Waals surface area contributed by atoms with Crippen LogP contribution in [-0.4, -0.2) is 33.7 Å². The van der Waals surface area contributed by atoms with Gasteiger partial charge in [-0.1, -0.05) is 18.5 Å². The highest BCUT2D eigenvalue weighted by Gasteiger charge is 2.41. The van der Waals surface area contributed by atoms with Crippen LogP contribution in [0.5, 0.6) is 0 Å². The number of carbonyl (C=O) groups excluding carboxylic acids is 1. The van der Waals surface area contributed by atoms with E-state index < -0.39 is 17.8 Å². The predicted octanol–water partition coefficient (Wildman–Crippen LogP) is 0.865. The monoisotopic (exact) mass is 281 g/mol. The van der Waals surface area contributed by atoms with Crippen molar-refractivity contribution in [3.8, 4) is 0 Å². The Balaban J connectivity index is 1.85. The molecule has 1 aromatic heterocycles. The van der Waals surface area contributed by atoms with E-state index in [1.54, 1.807) is 0 Å². The number of aliphatic carboxylic acids is 1. The molecule has 20 heavy (non-hydrogen) atoms. The Bertz CT molecular complexity index is 460. The first kappa shape index (κ1) is 14.5. The minimum Gasteiger partial charge on any atom is -0.481 e. The molecule has 1 amide bonds. The number of aromatic nitrogens is 2. The minimum atomic E-state index is -0.877. The number of rotatable bonds is 6. The molecule has 7 heteroatoms. The van der Waals surface area contributed by atoms with Crippen LogP contribution in [0.25, 0.3) is 0 Å². The molecule has 0 aliphatic heterocycles. The van der Waals surface area contributed by atoms with Crippen LogP contribution >= 0.6 is 0 Å². The number of carboxylic acid groups (broad SMARTS) is 1. The lowest BCUT2D eigenvalue weighted by atomic mass is 9.95. The number of hydrogen-bond donors (Lipinski definition) is 2. The SMILES string of the molecule is CCC1C[C@H](C(=O)NCCc2ncno2)[C@H](C(=O)O)C1. The maximum absolute atomic E-state index is 12.1. The van der Waals surface area contributed by atoms with Gasteiger partial charge in [0.2, 0.25) is 11.8 Å². The van der Waals surface area contributed by atoms with E-state index in [0.29, 0.717) is 37.6 Å². The summed E-state index contributed by atoms with van der Waals surface area (Å²) in [7, 11) is 0. The number of hydrogen-bond acceptors (Lipinski definition) is 5. The van der Waals surface area contributed by atoms with Crippen molar-refractivity contribution in [2.24, 2.45) is 17.8 Å². The summed E-state index contributed by atoms with van der Waals surface area (Å²) in [5.74, 6) is -1.28. The van der Waals surface area contributed by atoms with Crippen molar-refractivity contribution in [2.45, 2.75) is 32.6 Å². The molecule has 1 aromatic rings. The molecule has 0 bridgehead atoms. The molecule has 1 saturated carbocycles. The summed E-state index contributed by atoms with van der Waals surface area (Å²) >= 11 is 0. The summed E-state index contributed by atoms with van der Waals surface area (Å²) in [4.78, 5) is 27.2. The summed E-state index contributed by atoms with van der Waals surface area (Å²) in [6, 6.07) is 0. The number of nitrogens with zero attached hydrogens (tertiary/aromatic N) is 2. The largest absolute Gasteiger partial charge is 0.481 e. The normalized spacial score (nSPS) is 25.6. The van der Waals surface area contributed by atoms with E-state index in [1.807, 2.05) is 6.92 Å². The van der Waals surface area contributed by atoms with Gasteiger partial charge in [0.1, 0.15) is 0 Å². The molecule has 1 aliphatic rings.